The molecule has 0 aliphatic carbocycles. The lowest BCUT2D eigenvalue weighted by atomic mass is 9.98. The molecule has 1 aliphatic heterocycles. The lowest BCUT2D eigenvalue weighted by molar-refractivity contribution is 0.0722. The summed E-state index contributed by atoms with van der Waals surface area (Å²) in [5, 5.41) is 0.480. The Morgan fingerprint density at radius 1 is 1.16 bits per heavy atom. The average molecular weight is 418 g/mol. The number of nitrogens with zero attached hydrogens (tertiary/aromatic N) is 2. The SMILES string of the molecule is C=CCOc1cccc(C2c3c(oc4ccccc4c3=O)C(=O)N2CCCN(C)C)c1. The molecule has 1 amide bonds. The topological polar surface area (TPSA) is 63.0 Å². The van der Waals surface area contributed by atoms with E-state index in [1.807, 2.05) is 38.4 Å². The number of amides is 1. The van der Waals surface area contributed by atoms with Crippen LogP contribution in [0.3, 0.4) is 0 Å². The van der Waals surface area contributed by atoms with Gasteiger partial charge in [-0.1, -0.05) is 36.9 Å². The number of benzene rings is 2. The van der Waals surface area contributed by atoms with Gasteiger partial charge in [-0.05, 0) is 56.9 Å². The minimum atomic E-state index is -0.516. The van der Waals surface area contributed by atoms with Crippen LogP contribution in [0.5, 0.6) is 5.75 Å². The van der Waals surface area contributed by atoms with Gasteiger partial charge in [-0.15, -0.1) is 0 Å². The first-order valence-electron chi connectivity index (χ1n) is 10.4. The molecule has 6 nitrogen and oxygen atoms in total. The van der Waals surface area contributed by atoms with E-state index in [1.165, 1.54) is 0 Å². The molecule has 0 fully saturated rings. The Balaban J connectivity index is 1.83. The summed E-state index contributed by atoms with van der Waals surface area (Å²) < 4.78 is 11.6. The zero-order valence-electron chi connectivity index (χ0n) is 17.8. The smallest absolute Gasteiger partial charge is 0.290 e. The summed E-state index contributed by atoms with van der Waals surface area (Å²) in [5.41, 5.74) is 1.48. The number of hydrogen-bond acceptors (Lipinski definition) is 5. The molecular weight excluding hydrogens is 392 g/mol. The van der Waals surface area contributed by atoms with Crippen molar-refractivity contribution < 1.29 is 13.9 Å². The van der Waals surface area contributed by atoms with Gasteiger partial charge in [0.05, 0.1) is 17.0 Å². The molecule has 1 aromatic heterocycles. The van der Waals surface area contributed by atoms with Gasteiger partial charge in [-0.25, -0.2) is 0 Å². The van der Waals surface area contributed by atoms with Crippen LogP contribution in [0, 0.1) is 0 Å². The number of fused-ring (bicyclic) bond motifs is 2. The quantitative estimate of drug-likeness (QED) is 0.520. The van der Waals surface area contributed by atoms with Crippen LogP contribution < -0.4 is 10.2 Å². The molecule has 1 unspecified atom stereocenters. The van der Waals surface area contributed by atoms with Crippen LogP contribution in [0.2, 0.25) is 0 Å². The molecule has 3 aromatic rings. The second-order valence-electron chi connectivity index (χ2n) is 7.90. The average Bonchev–Trinajstić information content (AvgIpc) is 3.04. The fourth-order valence-electron chi connectivity index (χ4n) is 4.03. The third-order valence-corrected chi connectivity index (χ3v) is 5.42. The molecule has 0 radical (unpaired) electrons. The molecule has 4 rings (SSSR count). The van der Waals surface area contributed by atoms with Crippen molar-refractivity contribution in [3.05, 3.63) is 88.3 Å². The third kappa shape index (κ3) is 3.99. The minimum Gasteiger partial charge on any atom is -0.490 e. The van der Waals surface area contributed by atoms with Crippen molar-refractivity contribution in [2.75, 3.05) is 33.8 Å². The Hall–Kier alpha value is -3.38. The van der Waals surface area contributed by atoms with Gasteiger partial charge in [-0.2, -0.15) is 0 Å². The first-order valence-corrected chi connectivity index (χ1v) is 10.4. The summed E-state index contributed by atoms with van der Waals surface area (Å²) in [6.45, 7) is 5.40. The molecule has 0 bridgehead atoms. The van der Waals surface area contributed by atoms with Crippen LogP contribution in [0.25, 0.3) is 11.0 Å². The van der Waals surface area contributed by atoms with Crippen molar-refractivity contribution in [3.63, 3.8) is 0 Å². The highest BCUT2D eigenvalue weighted by Crippen LogP contribution is 2.39. The molecule has 2 aromatic carbocycles. The minimum absolute atomic E-state index is 0.135. The molecule has 1 atom stereocenters. The Bertz CT molecular complexity index is 1180. The van der Waals surface area contributed by atoms with Crippen LogP contribution in [-0.2, 0) is 0 Å². The van der Waals surface area contributed by atoms with Gasteiger partial charge in [0.15, 0.2) is 5.43 Å². The molecule has 160 valence electrons. The standard InChI is InChI=1S/C25H26N2O4/c1-4-15-30-18-10-7-9-17(16-18)22-21-23(28)19-11-5-6-12-20(19)31-24(21)25(29)27(22)14-8-13-26(2)3/h4-7,9-12,16,22H,1,8,13-15H2,2-3H3. The molecule has 1 aliphatic rings. The van der Waals surface area contributed by atoms with E-state index >= 15 is 0 Å². The van der Waals surface area contributed by atoms with Crippen LogP contribution in [0.4, 0.5) is 0 Å². The summed E-state index contributed by atoms with van der Waals surface area (Å²) in [5.74, 6) is 0.548. The van der Waals surface area contributed by atoms with Crippen molar-refractivity contribution in [1.82, 2.24) is 9.80 Å². The maximum absolute atomic E-state index is 13.4. The lowest BCUT2D eigenvalue weighted by Crippen LogP contribution is -2.32. The molecule has 0 N–H and O–H groups in total. The molecule has 0 saturated carbocycles. The first kappa shape index (κ1) is 20.9. The van der Waals surface area contributed by atoms with Gasteiger partial charge in [-0.3, -0.25) is 9.59 Å². The molecule has 0 saturated heterocycles. The molecule has 0 spiro atoms. The van der Waals surface area contributed by atoms with Crippen molar-refractivity contribution in [3.8, 4) is 5.75 Å². The lowest BCUT2D eigenvalue weighted by Gasteiger charge is -2.26. The van der Waals surface area contributed by atoms with E-state index in [0.29, 0.717) is 35.4 Å². The number of ether oxygens (including phenoxy) is 1. The normalized spacial score (nSPS) is 15.5. The van der Waals surface area contributed by atoms with E-state index in [9.17, 15) is 9.59 Å². The third-order valence-electron chi connectivity index (χ3n) is 5.42. The van der Waals surface area contributed by atoms with E-state index in [1.54, 1.807) is 35.2 Å². The molecular formula is C25H26N2O4. The number of hydrogen-bond donors (Lipinski definition) is 0. The summed E-state index contributed by atoms with van der Waals surface area (Å²) in [7, 11) is 3.99. The fraction of sp³-hybridized carbons (Fsp3) is 0.280. The number of carbonyl (C=O) groups is 1. The second kappa shape index (κ2) is 8.78. The van der Waals surface area contributed by atoms with Crippen LogP contribution in [-0.4, -0.2) is 49.5 Å². The van der Waals surface area contributed by atoms with Gasteiger partial charge in [0.1, 0.15) is 17.9 Å². The van der Waals surface area contributed by atoms with Gasteiger partial charge in [0.25, 0.3) is 5.91 Å². The Morgan fingerprint density at radius 3 is 2.74 bits per heavy atom. The Morgan fingerprint density at radius 2 is 1.97 bits per heavy atom. The van der Waals surface area contributed by atoms with E-state index < -0.39 is 6.04 Å². The fourth-order valence-corrected chi connectivity index (χ4v) is 4.03. The van der Waals surface area contributed by atoms with Crippen LogP contribution in [0.1, 0.15) is 34.1 Å². The highest BCUT2D eigenvalue weighted by atomic mass is 16.5. The monoisotopic (exact) mass is 418 g/mol. The van der Waals surface area contributed by atoms with E-state index in [-0.39, 0.29) is 17.1 Å². The first-order chi connectivity index (χ1) is 15.0. The van der Waals surface area contributed by atoms with Gasteiger partial charge < -0.3 is 19.0 Å². The maximum Gasteiger partial charge on any atom is 0.290 e. The zero-order valence-corrected chi connectivity index (χ0v) is 17.8. The Labute approximate surface area is 181 Å². The number of para-hydroxylation sites is 1. The summed E-state index contributed by atoms with van der Waals surface area (Å²) >= 11 is 0. The zero-order chi connectivity index (χ0) is 22.0. The highest BCUT2D eigenvalue weighted by molar-refractivity contribution is 5.99. The van der Waals surface area contributed by atoms with Crippen molar-refractivity contribution >= 4 is 16.9 Å². The molecule has 31 heavy (non-hydrogen) atoms. The van der Waals surface area contributed by atoms with E-state index in [2.05, 4.69) is 11.5 Å². The number of carbonyl (C=O) groups excluding carboxylic acids is 1. The highest BCUT2D eigenvalue weighted by Gasteiger charge is 2.42. The van der Waals surface area contributed by atoms with Gasteiger partial charge in [0.2, 0.25) is 5.76 Å². The summed E-state index contributed by atoms with van der Waals surface area (Å²) in [6.07, 6.45) is 2.46. The maximum atomic E-state index is 13.4. The molecule has 2 heterocycles. The van der Waals surface area contributed by atoms with Crippen molar-refractivity contribution in [2.45, 2.75) is 12.5 Å². The summed E-state index contributed by atoms with van der Waals surface area (Å²) in [4.78, 5) is 30.6. The Kier molecular flexibility index (Phi) is 5.91. The van der Waals surface area contributed by atoms with Crippen LogP contribution in [0.15, 0.2) is 70.4 Å². The molecule has 6 heteroatoms. The predicted molar refractivity (Wildman–Crippen MR) is 121 cm³/mol. The summed E-state index contributed by atoms with van der Waals surface area (Å²) in [6, 6.07) is 14.1. The predicted octanol–water partition coefficient (Wildman–Crippen LogP) is 3.85. The van der Waals surface area contributed by atoms with E-state index in [0.717, 1.165) is 18.5 Å². The van der Waals surface area contributed by atoms with Crippen molar-refractivity contribution in [2.24, 2.45) is 0 Å². The van der Waals surface area contributed by atoms with Gasteiger partial charge >= 0.3 is 0 Å². The van der Waals surface area contributed by atoms with Crippen LogP contribution >= 0.6 is 0 Å². The van der Waals surface area contributed by atoms with Gasteiger partial charge in [0, 0.05) is 6.54 Å². The second-order valence-corrected chi connectivity index (χ2v) is 7.90. The largest absolute Gasteiger partial charge is 0.490 e. The van der Waals surface area contributed by atoms with E-state index in [4.69, 9.17) is 9.15 Å². The van der Waals surface area contributed by atoms with Crippen molar-refractivity contribution in [1.29, 1.82) is 0 Å². The number of rotatable bonds is 8.